The zero-order valence-electron chi connectivity index (χ0n) is 10.8. The summed E-state index contributed by atoms with van der Waals surface area (Å²) in [5.41, 5.74) is 1.99. The minimum atomic E-state index is -0.208. The van der Waals surface area contributed by atoms with Crippen LogP contribution in [0.2, 0.25) is 5.02 Å². The highest BCUT2D eigenvalue weighted by Crippen LogP contribution is 2.26. The monoisotopic (exact) mass is 360 g/mol. The van der Waals surface area contributed by atoms with E-state index in [1.54, 1.807) is 24.4 Å². The van der Waals surface area contributed by atoms with Crippen LogP contribution >= 0.6 is 27.5 Å². The third-order valence-corrected chi connectivity index (χ3v) is 3.86. The van der Waals surface area contributed by atoms with Crippen molar-refractivity contribution >= 4 is 50.0 Å². The smallest absolute Gasteiger partial charge is 0.255 e. The number of carbonyl (C=O) groups is 1. The number of anilines is 1. The summed E-state index contributed by atoms with van der Waals surface area (Å²) in [5, 5.41) is 4.23. The fourth-order valence-corrected chi connectivity index (χ4v) is 2.53. The molecule has 0 unspecified atom stereocenters. The van der Waals surface area contributed by atoms with Crippen LogP contribution in [0.4, 0.5) is 5.69 Å². The Labute approximate surface area is 135 Å². The van der Waals surface area contributed by atoms with E-state index in [0.29, 0.717) is 16.3 Å². The molecule has 0 aliphatic rings. The molecule has 3 rings (SSSR count). The van der Waals surface area contributed by atoms with Crippen molar-refractivity contribution in [3.8, 4) is 0 Å². The second-order valence-corrected chi connectivity index (χ2v) is 5.81. The standard InChI is InChI=1S/C16H10BrClN2O/c17-12-4-5-13(18)15(9-12)20-16(21)11-3-6-14-10(8-11)2-1-7-19-14/h1-9H,(H,20,21). The van der Waals surface area contributed by atoms with Crippen molar-refractivity contribution in [2.24, 2.45) is 0 Å². The predicted octanol–water partition coefficient (Wildman–Crippen LogP) is 4.90. The molecular formula is C16H10BrClN2O. The molecule has 3 aromatic rings. The van der Waals surface area contributed by atoms with Gasteiger partial charge >= 0.3 is 0 Å². The number of hydrogen-bond acceptors (Lipinski definition) is 2. The lowest BCUT2D eigenvalue weighted by Crippen LogP contribution is -2.12. The average Bonchev–Trinajstić information content (AvgIpc) is 2.50. The van der Waals surface area contributed by atoms with E-state index in [4.69, 9.17) is 11.6 Å². The van der Waals surface area contributed by atoms with Gasteiger partial charge in [0.2, 0.25) is 0 Å². The van der Waals surface area contributed by atoms with Crippen LogP contribution in [0, 0.1) is 0 Å². The Hall–Kier alpha value is -1.91. The molecule has 2 aromatic carbocycles. The van der Waals surface area contributed by atoms with Crippen LogP contribution in [-0.4, -0.2) is 10.9 Å². The van der Waals surface area contributed by atoms with Crippen LogP contribution in [0.1, 0.15) is 10.4 Å². The van der Waals surface area contributed by atoms with Crippen molar-refractivity contribution in [3.05, 3.63) is 69.8 Å². The van der Waals surface area contributed by atoms with E-state index in [2.05, 4.69) is 26.2 Å². The van der Waals surface area contributed by atoms with Crippen molar-refractivity contribution < 1.29 is 4.79 Å². The molecular weight excluding hydrogens is 352 g/mol. The molecule has 0 saturated carbocycles. The number of rotatable bonds is 2. The molecule has 1 amide bonds. The Morgan fingerprint density at radius 2 is 2.00 bits per heavy atom. The van der Waals surface area contributed by atoms with Crippen LogP contribution < -0.4 is 5.32 Å². The predicted molar refractivity (Wildman–Crippen MR) is 88.8 cm³/mol. The first-order valence-electron chi connectivity index (χ1n) is 6.25. The molecule has 21 heavy (non-hydrogen) atoms. The molecule has 0 aliphatic carbocycles. The maximum absolute atomic E-state index is 12.3. The van der Waals surface area contributed by atoms with Gasteiger partial charge in [0.25, 0.3) is 5.91 Å². The van der Waals surface area contributed by atoms with Gasteiger partial charge in [-0.3, -0.25) is 9.78 Å². The molecule has 0 spiro atoms. The average molecular weight is 362 g/mol. The molecule has 0 aliphatic heterocycles. The summed E-state index contributed by atoms with van der Waals surface area (Å²) >= 11 is 9.43. The summed E-state index contributed by atoms with van der Waals surface area (Å²) < 4.78 is 0.852. The van der Waals surface area contributed by atoms with E-state index in [9.17, 15) is 4.79 Å². The fourth-order valence-electron chi connectivity index (χ4n) is 2.00. The van der Waals surface area contributed by atoms with Crippen LogP contribution in [0.5, 0.6) is 0 Å². The maximum atomic E-state index is 12.3. The molecule has 3 nitrogen and oxygen atoms in total. The molecule has 0 radical (unpaired) electrons. The summed E-state index contributed by atoms with van der Waals surface area (Å²) in [6.45, 7) is 0. The maximum Gasteiger partial charge on any atom is 0.255 e. The molecule has 0 saturated heterocycles. The van der Waals surface area contributed by atoms with Crippen LogP contribution in [0.25, 0.3) is 10.9 Å². The number of pyridine rings is 1. The van der Waals surface area contributed by atoms with E-state index >= 15 is 0 Å². The zero-order chi connectivity index (χ0) is 14.8. The Bertz CT molecular complexity index is 835. The van der Waals surface area contributed by atoms with Gasteiger partial charge in [0.1, 0.15) is 0 Å². The summed E-state index contributed by atoms with van der Waals surface area (Å²) in [6.07, 6.45) is 1.73. The number of halogens is 2. The SMILES string of the molecule is O=C(Nc1cc(Br)ccc1Cl)c1ccc2ncccc2c1. The summed E-state index contributed by atoms with van der Waals surface area (Å²) in [5.74, 6) is -0.208. The quantitative estimate of drug-likeness (QED) is 0.705. The van der Waals surface area contributed by atoms with Gasteiger partial charge in [-0.15, -0.1) is 0 Å². The van der Waals surface area contributed by atoms with Crippen LogP contribution in [0.3, 0.4) is 0 Å². The number of carbonyl (C=O) groups excluding carboxylic acids is 1. The normalized spacial score (nSPS) is 10.6. The Balaban J connectivity index is 1.91. The minimum Gasteiger partial charge on any atom is -0.321 e. The first kappa shape index (κ1) is 14.0. The topological polar surface area (TPSA) is 42.0 Å². The number of nitrogens with zero attached hydrogens (tertiary/aromatic N) is 1. The lowest BCUT2D eigenvalue weighted by Gasteiger charge is -2.08. The van der Waals surface area contributed by atoms with Crippen molar-refractivity contribution in [1.29, 1.82) is 0 Å². The molecule has 0 bridgehead atoms. The number of amides is 1. The molecule has 0 fully saturated rings. The Kier molecular flexibility index (Phi) is 3.90. The minimum absolute atomic E-state index is 0.208. The molecule has 1 aromatic heterocycles. The number of hydrogen-bond donors (Lipinski definition) is 1. The van der Waals surface area contributed by atoms with Crippen molar-refractivity contribution in [1.82, 2.24) is 4.98 Å². The van der Waals surface area contributed by atoms with E-state index in [1.807, 2.05) is 30.3 Å². The molecule has 1 heterocycles. The van der Waals surface area contributed by atoms with Crippen LogP contribution in [0.15, 0.2) is 59.2 Å². The van der Waals surface area contributed by atoms with E-state index in [0.717, 1.165) is 15.4 Å². The summed E-state index contributed by atoms with van der Waals surface area (Å²) in [4.78, 5) is 16.5. The van der Waals surface area contributed by atoms with Gasteiger partial charge in [0.15, 0.2) is 0 Å². The van der Waals surface area contributed by atoms with Crippen molar-refractivity contribution in [3.63, 3.8) is 0 Å². The number of nitrogens with one attached hydrogen (secondary N) is 1. The molecule has 104 valence electrons. The van der Waals surface area contributed by atoms with Crippen LogP contribution in [-0.2, 0) is 0 Å². The number of fused-ring (bicyclic) bond motifs is 1. The van der Waals surface area contributed by atoms with E-state index in [1.165, 1.54) is 0 Å². The largest absolute Gasteiger partial charge is 0.321 e. The van der Waals surface area contributed by atoms with E-state index in [-0.39, 0.29) is 5.91 Å². The first-order valence-corrected chi connectivity index (χ1v) is 7.42. The van der Waals surface area contributed by atoms with Gasteiger partial charge < -0.3 is 5.32 Å². The lowest BCUT2D eigenvalue weighted by molar-refractivity contribution is 0.102. The fraction of sp³-hybridized carbons (Fsp3) is 0. The number of benzene rings is 2. The van der Waals surface area contributed by atoms with Crippen molar-refractivity contribution in [2.45, 2.75) is 0 Å². The highest BCUT2D eigenvalue weighted by molar-refractivity contribution is 9.10. The Morgan fingerprint density at radius 3 is 2.86 bits per heavy atom. The van der Waals surface area contributed by atoms with Gasteiger partial charge in [-0.25, -0.2) is 0 Å². The highest BCUT2D eigenvalue weighted by Gasteiger charge is 2.09. The zero-order valence-corrected chi connectivity index (χ0v) is 13.1. The number of aromatic nitrogens is 1. The second kappa shape index (κ2) is 5.84. The van der Waals surface area contributed by atoms with Gasteiger partial charge in [-0.1, -0.05) is 33.6 Å². The van der Waals surface area contributed by atoms with Gasteiger partial charge in [-0.05, 0) is 42.5 Å². The summed E-state index contributed by atoms with van der Waals surface area (Å²) in [6, 6.07) is 14.5. The van der Waals surface area contributed by atoms with E-state index < -0.39 is 0 Å². The molecule has 0 atom stereocenters. The van der Waals surface area contributed by atoms with Gasteiger partial charge in [0, 0.05) is 21.6 Å². The van der Waals surface area contributed by atoms with Gasteiger partial charge in [-0.2, -0.15) is 0 Å². The summed E-state index contributed by atoms with van der Waals surface area (Å²) in [7, 11) is 0. The third-order valence-electron chi connectivity index (χ3n) is 3.04. The van der Waals surface area contributed by atoms with Crippen molar-refractivity contribution in [2.75, 3.05) is 5.32 Å². The second-order valence-electron chi connectivity index (χ2n) is 4.49. The first-order chi connectivity index (χ1) is 10.1. The van der Waals surface area contributed by atoms with Gasteiger partial charge in [0.05, 0.1) is 16.2 Å². The molecule has 1 N–H and O–H groups in total. The Morgan fingerprint density at radius 1 is 1.14 bits per heavy atom. The third kappa shape index (κ3) is 3.06. The lowest BCUT2D eigenvalue weighted by atomic mass is 10.1. The highest BCUT2D eigenvalue weighted by atomic mass is 79.9. The molecule has 5 heteroatoms.